The van der Waals surface area contributed by atoms with Gasteiger partial charge < -0.3 is 15.4 Å². The van der Waals surface area contributed by atoms with E-state index in [1.54, 1.807) is 49.7 Å². The molecule has 6 nitrogen and oxygen atoms in total. The average Bonchev–Trinajstić information content (AvgIpc) is 2.69. The monoisotopic (exact) mass is 344 g/mol. The number of hydrogen-bond donors (Lipinski definition) is 2. The van der Waals surface area contributed by atoms with Crippen molar-refractivity contribution in [2.75, 3.05) is 17.7 Å². The van der Waals surface area contributed by atoms with Crippen LogP contribution in [-0.2, 0) is 0 Å². The predicted molar refractivity (Wildman–Crippen MR) is 99.6 cm³/mol. The molecule has 6 heteroatoms. The van der Waals surface area contributed by atoms with E-state index >= 15 is 0 Å². The molecule has 0 unspecified atom stereocenters. The first-order valence-electron chi connectivity index (χ1n) is 7.86. The molecule has 1 amide bonds. The summed E-state index contributed by atoms with van der Waals surface area (Å²) in [6.45, 7) is 0. The Kier molecular flexibility index (Phi) is 5.11. The van der Waals surface area contributed by atoms with Gasteiger partial charge in [0.2, 0.25) is 0 Å². The molecule has 2 N–H and O–H groups in total. The number of aromatic nitrogens is 1. The summed E-state index contributed by atoms with van der Waals surface area (Å²) in [5, 5.41) is 14.7. The predicted octanol–water partition coefficient (Wildman–Crippen LogP) is 3.96. The Morgan fingerprint density at radius 1 is 0.962 bits per heavy atom. The van der Waals surface area contributed by atoms with Crippen LogP contribution >= 0.6 is 0 Å². The highest BCUT2D eigenvalue weighted by molar-refractivity contribution is 6.03. The van der Waals surface area contributed by atoms with E-state index in [2.05, 4.69) is 15.6 Å². The highest BCUT2D eigenvalue weighted by Gasteiger charge is 2.08. The Bertz CT molecular complexity index is 928. The fourth-order valence-corrected chi connectivity index (χ4v) is 2.27. The van der Waals surface area contributed by atoms with Gasteiger partial charge in [-0.15, -0.1) is 0 Å². The van der Waals surface area contributed by atoms with Crippen molar-refractivity contribution < 1.29 is 9.53 Å². The van der Waals surface area contributed by atoms with Gasteiger partial charge in [0.15, 0.2) is 0 Å². The molecule has 0 aliphatic rings. The molecule has 0 radical (unpaired) electrons. The molecule has 0 saturated carbocycles. The summed E-state index contributed by atoms with van der Waals surface area (Å²) in [7, 11) is 1.62. The number of benzene rings is 2. The van der Waals surface area contributed by atoms with E-state index in [-0.39, 0.29) is 5.91 Å². The number of methoxy groups -OCH3 is 1. The SMILES string of the molecule is COc1ccc(Nc2ccc(C(=O)Nc3ccc(C#N)cc3)nc2)cc1. The van der Waals surface area contributed by atoms with Crippen molar-refractivity contribution in [3.63, 3.8) is 0 Å². The smallest absolute Gasteiger partial charge is 0.274 e. The number of amides is 1. The lowest BCUT2D eigenvalue weighted by Crippen LogP contribution is -2.13. The van der Waals surface area contributed by atoms with Crippen LogP contribution in [0.4, 0.5) is 17.1 Å². The highest BCUT2D eigenvalue weighted by Crippen LogP contribution is 2.19. The lowest BCUT2D eigenvalue weighted by molar-refractivity contribution is 0.102. The number of nitrogens with one attached hydrogen (secondary N) is 2. The first-order chi connectivity index (χ1) is 12.7. The molecular weight excluding hydrogens is 328 g/mol. The molecule has 0 aliphatic heterocycles. The zero-order valence-electron chi connectivity index (χ0n) is 14.1. The average molecular weight is 344 g/mol. The Hall–Kier alpha value is -3.85. The number of carbonyl (C=O) groups is 1. The van der Waals surface area contributed by atoms with Crippen LogP contribution < -0.4 is 15.4 Å². The van der Waals surface area contributed by atoms with Crippen LogP contribution in [0.5, 0.6) is 5.75 Å². The van der Waals surface area contributed by atoms with Gasteiger partial charge in [-0.1, -0.05) is 0 Å². The van der Waals surface area contributed by atoms with Crippen LogP contribution in [0.1, 0.15) is 16.1 Å². The van der Waals surface area contributed by atoms with Crippen molar-refractivity contribution in [3.8, 4) is 11.8 Å². The molecule has 0 saturated heterocycles. The van der Waals surface area contributed by atoms with Gasteiger partial charge in [0, 0.05) is 11.4 Å². The second-order valence-electron chi connectivity index (χ2n) is 5.43. The van der Waals surface area contributed by atoms with Gasteiger partial charge >= 0.3 is 0 Å². The molecular formula is C20H16N4O2. The minimum atomic E-state index is -0.314. The number of rotatable bonds is 5. The summed E-state index contributed by atoms with van der Waals surface area (Å²) >= 11 is 0. The highest BCUT2D eigenvalue weighted by atomic mass is 16.5. The summed E-state index contributed by atoms with van der Waals surface area (Å²) in [4.78, 5) is 16.4. The topological polar surface area (TPSA) is 87.0 Å². The van der Waals surface area contributed by atoms with Gasteiger partial charge in [-0.25, -0.2) is 4.98 Å². The largest absolute Gasteiger partial charge is 0.497 e. The van der Waals surface area contributed by atoms with Gasteiger partial charge in [-0.3, -0.25) is 4.79 Å². The maximum Gasteiger partial charge on any atom is 0.274 e. The number of pyridine rings is 1. The normalized spacial score (nSPS) is 9.85. The molecule has 0 bridgehead atoms. The van der Waals surface area contributed by atoms with Crippen LogP contribution in [0.25, 0.3) is 0 Å². The van der Waals surface area contributed by atoms with Crippen molar-refractivity contribution >= 4 is 23.0 Å². The molecule has 128 valence electrons. The lowest BCUT2D eigenvalue weighted by Gasteiger charge is -2.08. The number of ether oxygens (including phenoxy) is 1. The van der Waals surface area contributed by atoms with Crippen molar-refractivity contribution in [1.82, 2.24) is 4.98 Å². The molecule has 0 fully saturated rings. The number of carbonyl (C=O) groups excluding carboxylic acids is 1. The lowest BCUT2D eigenvalue weighted by atomic mass is 10.2. The second kappa shape index (κ2) is 7.81. The third-order valence-corrected chi connectivity index (χ3v) is 3.65. The van der Waals surface area contributed by atoms with Crippen LogP contribution in [0.15, 0.2) is 66.9 Å². The minimum Gasteiger partial charge on any atom is -0.497 e. The number of nitrogens with zero attached hydrogens (tertiary/aromatic N) is 2. The second-order valence-corrected chi connectivity index (χ2v) is 5.43. The van der Waals surface area contributed by atoms with Crippen molar-refractivity contribution in [3.05, 3.63) is 78.1 Å². The molecule has 3 aromatic rings. The van der Waals surface area contributed by atoms with Gasteiger partial charge in [0.1, 0.15) is 11.4 Å². The standard InChI is InChI=1S/C20H16N4O2/c1-26-18-9-6-15(7-10-18)23-17-8-11-19(22-13-17)20(25)24-16-4-2-14(12-21)3-5-16/h2-11,13,23H,1H3,(H,24,25). The van der Waals surface area contributed by atoms with E-state index in [0.717, 1.165) is 17.1 Å². The van der Waals surface area contributed by atoms with E-state index in [1.165, 1.54) is 0 Å². The van der Waals surface area contributed by atoms with Gasteiger partial charge in [-0.2, -0.15) is 5.26 Å². The third-order valence-electron chi connectivity index (χ3n) is 3.65. The van der Waals surface area contributed by atoms with Crippen LogP contribution in [-0.4, -0.2) is 18.0 Å². The fraction of sp³-hybridized carbons (Fsp3) is 0.0500. The Labute approximate surface area is 151 Å². The van der Waals surface area contributed by atoms with Crippen molar-refractivity contribution in [2.24, 2.45) is 0 Å². The van der Waals surface area contributed by atoms with Gasteiger partial charge in [0.25, 0.3) is 5.91 Å². The van der Waals surface area contributed by atoms with Crippen molar-refractivity contribution in [2.45, 2.75) is 0 Å². The zero-order chi connectivity index (χ0) is 18.4. The zero-order valence-corrected chi connectivity index (χ0v) is 14.1. The summed E-state index contributed by atoms with van der Waals surface area (Å²) in [6, 6.07) is 19.6. The molecule has 0 aliphatic carbocycles. The Morgan fingerprint density at radius 2 is 1.62 bits per heavy atom. The fourth-order valence-electron chi connectivity index (χ4n) is 2.27. The van der Waals surface area contributed by atoms with Gasteiger partial charge in [-0.05, 0) is 60.7 Å². The maximum atomic E-state index is 12.2. The van der Waals surface area contributed by atoms with E-state index < -0.39 is 0 Å². The molecule has 26 heavy (non-hydrogen) atoms. The van der Waals surface area contributed by atoms with Crippen LogP contribution in [0.2, 0.25) is 0 Å². The summed E-state index contributed by atoms with van der Waals surface area (Å²) in [5.74, 6) is 0.467. The van der Waals surface area contributed by atoms with E-state index in [4.69, 9.17) is 10.00 Å². The molecule has 2 aromatic carbocycles. The van der Waals surface area contributed by atoms with E-state index in [1.807, 2.05) is 30.3 Å². The first-order valence-corrected chi connectivity index (χ1v) is 7.86. The van der Waals surface area contributed by atoms with E-state index in [0.29, 0.717) is 16.9 Å². The third kappa shape index (κ3) is 4.16. The molecule has 0 atom stereocenters. The molecule has 3 rings (SSSR count). The van der Waals surface area contributed by atoms with E-state index in [9.17, 15) is 4.79 Å². The van der Waals surface area contributed by atoms with Crippen LogP contribution in [0, 0.1) is 11.3 Å². The minimum absolute atomic E-state index is 0.301. The van der Waals surface area contributed by atoms with Crippen LogP contribution in [0.3, 0.4) is 0 Å². The molecule has 1 aromatic heterocycles. The number of hydrogen-bond acceptors (Lipinski definition) is 5. The first kappa shape index (κ1) is 17.0. The summed E-state index contributed by atoms with van der Waals surface area (Å²) in [5.41, 5.74) is 3.11. The quantitative estimate of drug-likeness (QED) is 0.731. The summed E-state index contributed by atoms with van der Waals surface area (Å²) < 4.78 is 5.12. The van der Waals surface area contributed by atoms with Crippen molar-refractivity contribution in [1.29, 1.82) is 5.26 Å². The van der Waals surface area contributed by atoms with Gasteiger partial charge in [0.05, 0.1) is 30.6 Å². The number of nitriles is 1. The maximum absolute atomic E-state index is 12.2. The summed E-state index contributed by atoms with van der Waals surface area (Å²) in [6.07, 6.45) is 1.60. The Balaban J connectivity index is 1.64. The number of anilines is 3. The molecule has 1 heterocycles. The Morgan fingerprint density at radius 3 is 2.19 bits per heavy atom. The molecule has 0 spiro atoms.